The quantitative estimate of drug-likeness (QED) is 0.885. The lowest BCUT2D eigenvalue weighted by atomic mass is 10.0. The summed E-state index contributed by atoms with van der Waals surface area (Å²) in [6, 6.07) is 3.02. The number of aromatic nitrogens is 1. The number of nitrogens with zero attached hydrogens (tertiary/aromatic N) is 1. The van der Waals surface area contributed by atoms with Crippen LogP contribution in [0.25, 0.3) is 0 Å². The van der Waals surface area contributed by atoms with Crippen LogP contribution in [0.3, 0.4) is 0 Å². The first-order valence-electron chi connectivity index (χ1n) is 5.45. The van der Waals surface area contributed by atoms with E-state index in [-0.39, 0.29) is 16.2 Å². The van der Waals surface area contributed by atoms with Crippen molar-refractivity contribution in [1.82, 2.24) is 4.98 Å². The summed E-state index contributed by atoms with van der Waals surface area (Å²) in [6.07, 6.45) is -3.54. The van der Waals surface area contributed by atoms with Crippen LogP contribution in [0.15, 0.2) is 24.4 Å². The summed E-state index contributed by atoms with van der Waals surface area (Å²) in [5, 5.41) is -1.02. The number of methoxy groups -OCH3 is 1. The van der Waals surface area contributed by atoms with E-state index in [1.54, 1.807) is 0 Å². The molecule has 2 aromatic rings. The van der Waals surface area contributed by atoms with E-state index in [0.717, 1.165) is 6.20 Å². The summed E-state index contributed by atoms with van der Waals surface area (Å²) in [6.45, 7) is 0. The fraction of sp³-hybridized carbons (Fsp3) is 0.250. The van der Waals surface area contributed by atoms with Crippen LogP contribution in [-0.2, 0) is 6.18 Å². The zero-order valence-corrected chi connectivity index (χ0v) is 11.1. The van der Waals surface area contributed by atoms with E-state index < -0.39 is 23.0 Å². The summed E-state index contributed by atoms with van der Waals surface area (Å²) in [4.78, 5) is 3.38. The Morgan fingerprint density at radius 1 is 1.35 bits per heavy atom. The molecular formula is C12H10F4N2OS. The Labute approximate surface area is 116 Å². The summed E-state index contributed by atoms with van der Waals surface area (Å²) in [5.74, 6) is -0.460. The number of benzene rings is 1. The standard InChI is InChI=1S/C12H10F4N2OS/c1-19-7-4-2-3-6(13)9(7)10(17)8-5-18-11(20-8)12(14,15)16/h2-5,10H,17H2,1H3. The molecule has 0 bridgehead atoms. The predicted octanol–water partition coefficient (Wildman–Crippen LogP) is 3.36. The molecule has 1 heterocycles. The summed E-state index contributed by atoms with van der Waals surface area (Å²) >= 11 is 0.387. The molecule has 2 rings (SSSR count). The van der Waals surface area contributed by atoms with Gasteiger partial charge in [-0.1, -0.05) is 6.07 Å². The Morgan fingerprint density at radius 3 is 2.60 bits per heavy atom. The molecule has 1 atom stereocenters. The van der Waals surface area contributed by atoms with E-state index in [9.17, 15) is 17.6 Å². The topological polar surface area (TPSA) is 48.1 Å². The lowest BCUT2D eigenvalue weighted by molar-refractivity contribution is -0.137. The van der Waals surface area contributed by atoms with Crippen LogP contribution in [0.4, 0.5) is 17.6 Å². The van der Waals surface area contributed by atoms with Gasteiger partial charge in [0.2, 0.25) is 0 Å². The third-order valence-corrected chi connectivity index (χ3v) is 3.74. The van der Waals surface area contributed by atoms with E-state index in [2.05, 4.69) is 4.98 Å². The molecule has 108 valence electrons. The van der Waals surface area contributed by atoms with Crippen LogP contribution in [-0.4, -0.2) is 12.1 Å². The lowest BCUT2D eigenvalue weighted by Crippen LogP contribution is -2.13. The molecular weight excluding hydrogens is 296 g/mol. The van der Waals surface area contributed by atoms with Crippen molar-refractivity contribution >= 4 is 11.3 Å². The van der Waals surface area contributed by atoms with Crippen molar-refractivity contribution in [2.45, 2.75) is 12.2 Å². The minimum absolute atomic E-state index is 0.00683. The molecule has 0 aliphatic carbocycles. The van der Waals surface area contributed by atoms with Gasteiger partial charge in [-0.05, 0) is 12.1 Å². The molecule has 0 spiro atoms. The molecule has 1 aromatic heterocycles. The average molecular weight is 306 g/mol. The molecule has 0 aliphatic rings. The summed E-state index contributed by atoms with van der Waals surface area (Å²) in [7, 11) is 1.33. The van der Waals surface area contributed by atoms with Crippen molar-refractivity contribution in [3.8, 4) is 5.75 Å². The maximum absolute atomic E-state index is 13.8. The molecule has 8 heteroatoms. The Balaban J connectivity index is 2.42. The number of rotatable bonds is 3. The van der Waals surface area contributed by atoms with Crippen molar-refractivity contribution in [3.63, 3.8) is 0 Å². The van der Waals surface area contributed by atoms with Gasteiger partial charge in [0, 0.05) is 11.1 Å². The smallest absolute Gasteiger partial charge is 0.443 e. The SMILES string of the molecule is COc1cccc(F)c1C(N)c1cnc(C(F)(F)F)s1. The van der Waals surface area contributed by atoms with Crippen LogP contribution >= 0.6 is 11.3 Å². The van der Waals surface area contributed by atoms with Gasteiger partial charge in [0.15, 0.2) is 5.01 Å². The molecule has 3 nitrogen and oxygen atoms in total. The Bertz CT molecular complexity index is 612. The second kappa shape index (κ2) is 5.37. The lowest BCUT2D eigenvalue weighted by Gasteiger charge is -2.14. The van der Waals surface area contributed by atoms with Crippen LogP contribution < -0.4 is 10.5 Å². The zero-order chi connectivity index (χ0) is 14.9. The van der Waals surface area contributed by atoms with Gasteiger partial charge in [0.05, 0.1) is 18.7 Å². The highest BCUT2D eigenvalue weighted by atomic mass is 32.1. The molecule has 0 amide bonds. The second-order valence-electron chi connectivity index (χ2n) is 3.90. The highest BCUT2D eigenvalue weighted by Crippen LogP contribution is 2.37. The molecule has 2 N–H and O–H groups in total. The van der Waals surface area contributed by atoms with E-state index >= 15 is 0 Å². The largest absolute Gasteiger partial charge is 0.496 e. The number of hydrogen-bond donors (Lipinski definition) is 1. The summed E-state index contributed by atoms with van der Waals surface area (Å²) in [5.41, 5.74) is 5.84. The number of alkyl halides is 3. The molecule has 0 saturated carbocycles. The third-order valence-electron chi connectivity index (χ3n) is 2.62. The second-order valence-corrected chi connectivity index (χ2v) is 4.96. The van der Waals surface area contributed by atoms with Crippen LogP contribution in [0.1, 0.15) is 21.5 Å². The van der Waals surface area contributed by atoms with Crippen molar-refractivity contribution in [1.29, 1.82) is 0 Å². The fourth-order valence-corrected chi connectivity index (χ4v) is 2.50. The highest BCUT2D eigenvalue weighted by Gasteiger charge is 2.35. The monoisotopic (exact) mass is 306 g/mol. The maximum atomic E-state index is 13.8. The van der Waals surface area contributed by atoms with Gasteiger partial charge in [-0.25, -0.2) is 9.37 Å². The number of thiazole rings is 1. The van der Waals surface area contributed by atoms with E-state index in [1.807, 2.05) is 0 Å². The summed E-state index contributed by atoms with van der Waals surface area (Å²) < 4.78 is 56.3. The Morgan fingerprint density at radius 2 is 2.05 bits per heavy atom. The highest BCUT2D eigenvalue weighted by molar-refractivity contribution is 7.11. The van der Waals surface area contributed by atoms with E-state index in [4.69, 9.17) is 10.5 Å². The molecule has 0 radical (unpaired) electrons. The van der Waals surface area contributed by atoms with Gasteiger partial charge < -0.3 is 10.5 Å². The molecule has 0 saturated heterocycles. The van der Waals surface area contributed by atoms with Crippen molar-refractivity contribution in [3.05, 3.63) is 45.7 Å². The number of ether oxygens (including phenoxy) is 1. The number of halogens is 4. The normalized spacial score (nSPS) is 13.3. The van der Waals surface area contributed by atoms with Crippen LogP contribution in [0.2, 0.25) is 0 Å². The Hall–Kier alpha value is -1.67. The first kappa shape index (κ1) is 14.7. The zero-order valence-electron chi connectivity index (χ0n) is 10.2. The minimum Gasteiger partial charge on any atom is -0.496 e. The maximum Gasteiger partial charge on any atom is 0.443 e. The minimum atomic E-state index is -4.54. The van der Waals surface area contributed by atoms with Crippen molar-refractivity contribution in [2.24, 2.45) is 5.73 Å². The van der Waals surface area contributed by atoms with Crippen LogP contribution in [0, 0.1) is 5.82 Å². The van der Waals surface area contributed by atoms with Gasteiger partial charge >= 0.3 is 6.18 Å². The van der Waals surface area contributed by atoms with Gasteiger partial charge in [-0.2, -0.15) is 13.2 Å². The Kier molecular flexibility index (Phi) is 3.96. The van der Waals surface area contributed by atoms with Gasteiger partial charge in [0.25, 0.3) is 0 Å². The van der Waals surface area contributed by atoms with E-state index in [0.29, 0.717) is 11.3 Å². The van der Waals surface area contributed by atoms with Crippen molar-refractivity contribution in [2.75, 3.05) is 7.11 Å². The molecule has 1 aromatic carbocycles. The third kappa shape index (κ3) is 2.75. The first-order valence-corrected chi connectivity index (χ1v) is 6.27. The average Bonchev–Trinajstić information content (AvgIpc) is 2.87. The van der Waals surface area contributed by atoms with Crippen molar-refractivity contribution < 1.29 is 22.3 Å². The fourth-order valence-electron chi connectivity index (χ4n) is 1.70. The van der Waals surface area contributed by atoms with E-state index in [1.165, 1.54) is 25.3 Å². The number of nitrogens with two attached hydrogens (primary N) is 1. The van der Waals surface area contributed by atoms with Gasteiger partial charge in [0.1, 0.15) is 11.6 Å². The number of hydrogen-bond acceptors (Lipinski definition) is 4. The first-order chi connectivity index (χ1) is 9.34. The van der Waals surface area contributed by atoms with Gasteiger partial charge in [-0.15, -0.1) is 11.3 Å². The molecule has 1 unspecified atom stereocenters. The molecule has 0 fully saturated rings. The molecule has 20 heavy (non-hydrogen) atoms. The molecule has 0 aliphatic heterocycles. The van der Waals surface area contributed by atoms with Gasteiger partial charge in [-0.3, -0.25) is 0 Å². The van der Waals surface area contributed by atoms with Crippen LogP contribution in [0.5, 0.6) is 5.75 Å². The predicted molar refractivity (Wildman–Crippen MR) is 66.1 cm³/mol.